The van der Waals surface area contributed by atoms with Crippen molar-refractivity contribution in [2.45, 2.75) is 57.5 Å². The van der Waals surface area contributed by atoms with E-state index in [4.69, 9.17) is 0 Å². The number of nitrogens with zero attached hydrogens (tertiary/aromatic N) is 3. The van der Waals surface area contributed by atoms with Crippen LogP contribution in [0.15, 0.2) is 41.6 Å². The normalized spacial score (nSPS) is 12.4. The van der Waals surface area contributed by atoms with Crippen LogP contribution in [0.3, 0.4) is 0 Å². The molecular formula is C22H27N3O2S. The molecule has 0 aliphatic heterocycles. The summed E-state index contributed by atoms with van der Waals surface area (Å²) in [6.45, 7) is 13.1. The second-order valence-electron chi connectivity index (χ2n) is 9.13. The molecule has 3 rings (SSSR count). The number of benzene rings is 2. The molecule has 0 radical (unpaired) electrons. The van der Waals surface area contributed by atoms with Crippen LogP contribution in [0.5, 0.6) is 11.5 Å². The van der Waals surface area contributed by atoms with Crippen molar-refractivity contribution in [1.29, 1.82) is 0 Å². The standard InChI is InChI=1S/C22H27N3O2S/c1-21(2,3)13-9-14(22(4,5)6)11-15(10-13)25-19(23-24-20(25)28)17-8-7-16(26)12-18(17)27/h7-12,26-27H,1-6H3,(H,24,28). The lowest BCUT2D eigenvalue weighted by atomic mass is 9.80. The van der Waals surface area contributed by atoms with E-state index in [1.54, 1.807) is 6.07 Å². The van der Waals surface area contributed by atoms with Crippen LogP contribution in [0.25, 0.3) is 17.1 Å². The van der Waals surface area contributed by atoms with Gasteiger partial charge in [0.1, 0.15) is 11.5 Å². The van der Waals surface area contributed by atoms with Crippen LogP contribution in [0.1, 0.15) is 52.7 Å². The third kappa shape index (κ3) is 3.87. The average Bonchev–Trinajstić information content (AvgIpc) is 2.94. The summed E-state index contributed by atoms with van der Waals surface area (Å²) in [5.41, 5.74) is 3.66. The molecule has 5 nitrogen and oxygen atoms in total. The summed E-state index contributed by atoms with van der Waals surface area (Å²) < 4.78 is 1.82. The molecule has 0 unspecified atom stereocenters. The maximum atomic E-state index is 10.3. The van der Waals surface area contributed by atoms with Crippen LogP contribution >= 0.6 is 12.6 Å². The molecule has 1 aromatic heterocycles. The smallest absolute Gasteiger partial charge is 0.193 e. The van der Waals surface area contributed by atoms with Gasteiger partial charge in [0, 0.05) is 6.07 Å². The highest BCUT2D eigenvalue weighted by Crippen LogP contribution is 2.36. The first-order valence-electron chi connectivity index (χ1n) is 9.21. The number of hydrogen-bond acceptors (Lipinski definition) is 5. The third-order valence-electron chi connectivity index (χ3n) is 4.78. The average molecular weight is 398 g/mol. The molecule has 0 saturated carbocycles. The van der Waals surface area contributed by atoms with Crippen molar-refractivity contribution >= 4 is 12.6 Å². The van der Waals surface area contributed by atoms with Crippen LogP contribution < -0.4 is 0 Å². The lowest BCUT2D eigenvalue weighted by Crippen LogP contribution is -2.17. The monoisotopic (exact) mass is 397 g/mol. The molecule has 6 heteroatoms. The van der Waals surface area contributed by atoms with Crippen molar-refractivity contribution in [2.75, 3.05) is 0 Å². The first-order chi connectivity index (χ1) is 12.9. The van der Waals surface area contributed by atoms with Gasteiger partial charge in [-0.15, -0.1) is 22.8 Å². The minimum absolute atomic E-state index is 0.0110. The molecule has 0 bridgehead atoms. The van der Waals surface area contributed by atoms with Crippen LogP contribution in [0, 0.1) is 0 Å². The molecule has 0 amide bonds. The summed E-state index contributed by atoms with van der Waals surface area (Å²) in [7, 11) is 0. The summed E-state index contributed by atoms with van der Waals surface area (Å²) in [4.78, 5) is 0. The summed E-state index contributed by atoms with van der Waals surface area (Å²) >= 11 is 4.51. The Hall–Kier alpha value is -2.47. The highest BCUT2D eigenvalue weighted by Gasteiger charge is 2.23. The van der Waals surface area contributed by atoms with Crippen LogP contribution in [0.2, 0.25) is 0 Å². The SMILES string of the molecule is CC(C)(C)c1cc(-n2c(S)nnc2-c2ccc(O)cc2O)cc(C(C)(C)C)c1. The summed E-state index contributed by atoms with van der Waals surface area (Å²) in [6.07, 6.45) is 0. The Morgan fingerprint density at radius 3 is 1.89 bits per heavy atom. The molecular weight excluding hydrogens is 370 g/mol. The maximum absolute atomic E-state index is 10.3. The predicted molar refractivity (Wildman–Crippen MR) is 115 cm³/mol. The highest BCUT2D eigenvalue weighted by molar-refractivity contribution is 7.80. The van der Waals surface area contributed by atoms with Gasteiger partial charge in [-0.2, -0.15) is 0 Å². The molecule has 2 aromatic carbocycles. The number of aromatic nitrogens is 3. The third-order valence-corrected chi connectivity index (χ3v) is 5.07. The van der Waals surface area contributed by atoms with Gasteiger partial charge >= 0.3 is 0 Å². The largest absolute Gasteiger partial charge is 0.508 e. The number of aromatic hydroxyl groups is 2. The van der Waals surface area contributed by atoms with Crippen molar-refractivity contribution in [3.05, 3.63) is 47.5 Å². The van der Waals surface area contributed by atoms with Gasteiger partial charge in [-0.3, -0.25) is 4.57 Å². The van der Waals surface area contributed by atoms with Gasteiger partial charge in [-0.25, -0.2) is 0 Å². The second kappa shape index (κ2) is 6.85. The van der Waals surface area contributed by atoms with Gasteiger partial charge in [-0.1, -0.05) is 47.6 Å². The van der Waals surface area contributed by atoms with Gasteiger partial charge in [0.25, 0.3) is 0 Å². The quantitative estimate of drug-likeness (QED) is 0.518. The lowest BCUT2D eigenvalue weighted by Gasteiger charge is -2.26. The van der Waals surface area contributed by atoms with Gasteiger partial charge in [0.2, 0.25) is 0 Å². The zero-order chi connectivity index (χ0) is 20.9. The second-order valence-corrected chi connectivity index (χ2v) is 9.53. The molecule has 2 N–H and O–H groups in total. The fraction of sp³-hybridized carbons (Fsp3) is 0.364. The van der Waals surface area contributed by atoms with Crippen molar-refractivity contribution in [1.82, 2.24) is 14.8 Å². The van der Waals surface area contributed by atoms with E-state index in [2.05, 4.69) is 82.6 Å². The molecule has 0 fully saturated rings. The van der Waals surface area contributed by atoms with E-state index in [0.29, 0.717) is 16.5 Å². The van der Waals surface area contributed by atoms with Crippen LogP contribution in [-0.4, -0.2) is 25.0 Å². The summed E-state index contributed by atoms with van der Waals surface area (Å²) in [5.74, 6) is 0.390. The number of rotatable bonds is 2. The van der Waals surface area contributed by atoms with Gasteiger partial charge in [0.05, 0.1) is 11.3 Å². The molecule has 0 aliphatic rings. The molecule has 0 atom stereocenters. The number of phenols is 2. The lowest BCUT2D eigenvalue weighted by molar-refractivity contribution is 0.451. The first-order valence-corrected chi connectivity index (χ1v) is 9.66. The van der Waals surface area contributed by atoms with E-state index >= 15 is 0 Å². The Kier molecular flexibility index (Phi) is 4.96. The van der Waals surface area contributed by atoms with Crippen molar-refractivity contribution < 1.29 is 10.2 Å². The van der Waals surface area contributed by atoms with Crippen LogP contribution in [0.4, 0.5) is 0 Å². The van der Waals surface area contributed by atoms with E-state index in [1.807, 2.05) is 4.57 Å². The predicted octanol–water partition coefficient (Wildman–Crippen LogP) is 5.23. The Morgan fingerprint density at radius 2 is 1.39 bits per heavy atom. The molecule has 0 saturated heterocycles. The number of thiol groups is 1. The van der Waals surface area contributed by atoms with Gasteiger partial charge in [0.15, 0.2) is 11.0 Å². The van der Waals surface area contributed by atoms with Gasteiger partial charge in [-0.05, 0) is 46.2 Å². The summed E-state index contributed by atoms with van der Waals surface area (Å²) in [6, 6.07) is 10.9. The van der Waals surface area contributed by atoms with E-state index in [-0.39, 0.29) is 22.3 Å². The first kappa shape index (κ1) is 20.3. The molecule has 3 aromatic rings. The Labute approximate surface area is 171 Å². The van der Waals surface area contributed by atoms with Crippen molar-refractivity contribution in [3.63, 3.8) is 0 Å². The van der Waals surface area contributed by atoms with E-state index in [1.165, 1.54) is 23.3 Å². The fourth-order valence-electron chi connectivity index (χ4n) is 3.00. The van der Waals surface area contributed by atoms with Crippen molar-refractivity contribution in [2.24, 2.45) is 0 Å². The Bertz CT molecular complexity index is 995. The van der Waals surface area contributed by atoms with Gasteiger partial charge < -0.3 is 10.2 Å². The minimum Gasteiger partial charge on any atom is -0.508 e. The Morgan fingerprint density at radius 1 is 0.821 bits per heavy atom. The zero-order valence-corrected chi connectivity index (χ0v) is 18.0. The molecule has 1 heterocycles. The molecule has 0 spiro atoms. The molecule has 28 heavy (non-hydrogen) atoms. The topological polar surface area (TPSA) is 71.2 Å². The highest BCUT2D eigenvalue weighted by atomic mass is 32.1. The number of phenolic OH excluding ortho intramolecular Hbond substituents is 2. The number of hydrogen-bond donors (Lipinski definition) is 3. The van der Waals surface area contributed by atoms with Crippen molar-refractivity contribution in [3.8, 4) is 28.6 Å². The van der Waals surface area contributed by atoms with E-state index < -0.39 is 0 Å². The maximum Gasteiger partial charge on any atom is 0.193 e. The Balaban J connectivity index is 2.29. The van der Waals surface area contributed by atoms with E-state index in [0.717, 1.165) is 5.69 Å². The molecule has 0 aliphatic carbocycles. The fourth-order valence-corrected chi connectivity index (χ4v) is 3.26. The zero-order valence-electron chi connectivity index (χ0n) is 17.1. The minimum atomic E-state index is -0.0648. The van der Waals surface area contributed by atoms with E-state index in [9.17, 15) is 10.2 Å². The summed E-state index contributed by atoms with van der Waals surface area (Å²) in [5, 5.41) is 28.7. The van der Waals surface area contributed by atoms with Crippen LogP contribution in [-0.2, 0) is 10.8 Å². The molecule has 148 valence electrons.